The van der Waals surface area contributed by atoms with Crippen molar-refractivity contribution in [2.75, 3.05) is 6.54 Å². The highest BCUT2D eigenvalue weighted by atomic mass is 15.3. The lowest BCUT2D eigenvalue weighted by atomic mass is 9.86. The Labute approximate surface area is 164 Å². The van der Waals surface area contributed by atoms with Crippen LogP contribution in [0.5, 0.6) is 0 Å². The Balaban J connectivity index is 1.50. The van der Waals surface area contributed by atoms with Crippen LogP contribution in [0, 0.1) is 12.8 Å². The molecule has 0 unspecified atom stereocenters. The highest BCUT2D eigenvalue weighted by molar-refractivity contribution is 5.80. The Bertz CT molecular complexity index is 581. The summed E-state index contributed by atoms with van der Waals surface area (Å²) in [7, 11) is 2.01. The lowest BCUT2D eigenvalue weighted by Gasteiger charge is -2.25. The SMILES string of the molecule is Cc1nnc(CN=C(NCCCC2CCCCC2)NC2CCCCC2)n1C. The molecule has 1 aromatic rings. The fourth-order valence-electron chi connectivity index (χ4n) is 4.40. The number of aliphatic imine (C=N–C) groups is 1. The Morgan fingerprint density at radius 3 is 2.41 bits per heavy atom. The number of hydrogen-bond donors (Lipinski definition) is 2. The number of nitrogens with zero attached hydrogens (tertiary/aromatic N) is 4. The summed E-state index contributed by atoms with van der Waals surface area (Å²) in [6.45, 7) is 3.56. The highest BCUT2D eigenvalue weighted by Gasteiger charge is 2.16. The minimum absolute atomic E-state index is 0.560. The van der Waals surface area contributed by atoms with E-state index in [1.165, 1.54) is 77.0 Å². The molecule has 6 nitrogen and oxygen atoms in total. The second-order valence-electron chi connectivity index (χ2n) is 8.44. The zero-order chi connectivity index (χ0) is 18.9. The largest absolute Gasteiger partial charge is 0.356 e. The van der Waals surface area contributed by atoms with Crippen molar-refractivity contribution in [3.63, 3.8) is 0 Å². The number of rotatable bonds is 7. The van der Waals surface area contributed by atoms with Crippen LogP contribution < -0.4 is 10.6 Å². The monoisotopic (exact) mass is 374 g/mol. The molecule has 3 rings (SSSR count). The summed E-state index contributed by atoms with van der Waals surface area (Å²) in [5.41, 5.74) is 0. The minimum Gasteiger partial charge on any atom is -0.356 e. The van der Waals surface area contributed by atoms with Gasteiger partial charge in [0.2, 0.25) is 0 Å². The molecule has 0 aliphatic heterocycles. The molecule has 0 bridgehead atoms. The van der Waals surface area contributed by atoms with Gasteiger partial charge in [0.15, 0.2) is 11.8 Å². The average molecular weight is 375 g/mol. The first-order valence-electron chi connectivity index (χ1n) is 11.1. The number of aryl methyl sites for hydroxylation is 1. The van der Waals surface area contributed by atoms with Crippen LogP contribution in [-0.4, -0.2) is 33.3 Å². The second-order valence-corrected chi connectivity index (χ2v) is 8.44. The standard InChI is InChI=1S/C21H38N6/c1-17-25-26-20(27(17)2)16-23-21(24-19-13-7-4-8-14-19)22-15-9-12-18-10-5-3-6-11-18/h18-19H,3-16H2,1-2H3,(H2,22,23,24). The smallest absolute Gasteiger partial charge is 0.191 e. The van der Waals surface area contributed by atoms with Crippen molar-refractivity contribution in [1.29, 1.82) is 0 Å². The van der Waals surface area contributed by atoms with E-state index in [-0.39, 0.29) is 0 Å². The first kappa shape index (κ1) is 20.2. The topological polar surface area (TPSA) is 67.1 Å². The van der Waals surface area contributed by atoms with E-state index in [1.54, 1.807) is 0 Å². The molecular formula is C21H38N6. The van der Waals surface area contributed by atoms with E-state index in [0.717, 1.165) is 30.1 Å². The molecule has 6 heteroatoms. The van der Waals surface area contributed by atoms with Gasteiger partial charge in [-0.25, -0.2) is 4.99 Å². The second kappa shape index (κ2) is 10.7. The van der Waals surface area contributed by atoms with Crippen LogP contribution >= 0.6 is 0 Å². The van der Waals surface area contributed by atoms with Crippen molar-refractivity contribution in [1.82, 2.24) is 25.4 Å². The zero-order valence-corrected chi connectivity index (χ0v) is 17.3. The summed E-state index contributed by atoms with van der Waals surface area (Å²) in [5.74, 6) is 3.75. The molecule has 2 fully saturated rings. The Morgan fingerprint density at radius 2 is 1.74 bits per heavy atom. The molecule has 1 aromatic heterocycles. The maximum absolute atomic E-state index is 4.82. The van der Waals surface area contributed by atoms with E-state index >= 15 is 0 Å². The molecule has 0 amide bonds. The van der Waals surface area contributed by atoms with Crippen molar-refractivity contribution < 1.29 is 0 Å². The fraction of sp³-hybridized carbons (Fsp3) is 0.857. The van der Waals surface area contributed by atoms with Crippen LogP contribution in [0.2, 0.25) is 0 Å². The third kappa shape index (κ3) is 6.51. The van der Waals surface area contributed by atoms with Crippen molar-refractivity contribution in [2.45, 2.75) is 96.6 Å². The van der Waals surface area contributed by atoms with E-state index in [0.29, 0.717) is 12.6 Å². The van der Waals surface area contributed by atoms with E-state index in [1.807, 2.05) is 18.5 Å². The molecule has 27 heavy (non-hydrogen) atoms. The summed E-state index contributed by atoms with van der Waals surface area (Å²) in [5, 5.41) is 15.6. The summed E-state index contributed by atoms with van der Waals surface area (Å²) >= 11 is 0. The van der Waals surface area contributed by atoms with Crippen LogP contribution in [0.3, 0.4) is 0 Å². The third-order valence-corrected chi connectivity index (χ3v) is 6.31. The van der Waals surface area contributed by atoms with Crippen molar-refractivity contribution in [3.8, 4) is 0 Å². The fourth-order valence-corrected chi connectivity index (χ4v) is 4.40. The zero-order valence-electron chi connectivity index (χ0n) is 17.3. The normalized spacial score (nSPS) is 20.0. The van der Waals surface area contributed by atoms with Gasteiger partial charge < -0.3 is 15.2 Å². The molecule has 0 radical (unpaired) electrons. The van der Waals surface area contributed by atoms with E-state index in [4.69, 9.17) is 4.99 Å². The number of nitrogens with one attached hydrogen (secondary N) is 2. The van der Waals surface area contributed by atoms with Gasteiger partial charge in [-0.1, -0.05) is 51.4 Å². The van der Waals surface area contributed by atoms with Gasteiger partial charge in [0.1, 0.15) is 12.4 Å². The maximum atomic E-state index is 4.82. The minimum atomic E-state index is 0.560. The Kier molecular flexibility index (Phi) is 7.96. The summed E-state index contributed by atoms with van der Waals surface area (Å²) in [6, 6.07) is 0.560. The average Bonchev–Trinajstić information content (AvgIpc) is 3.03. The molecule has 2 aliphatic carbocycles. The van der Waals surface area contributed by atoms with Gasteiger partial charge in [-0.3, -0.25) is 0 Å². The molecule has 0 spiro atoms. The molecule has 0 atom stereocenters. The summed E-state index contributed by atoms with van der Waals surface area (Å²) in [6.07, 6.45) is 16.3. The quantitative estimate of drug-likeness (QED) is 0.432. The molecule has 2 N–H and O–H groups in total. The number of guanidine groups is 1. The highest BCUT2D eigenvalue weighted by Crippen LogP contribution is 2.27. The van der Waals surface area contributed by atoms with Crippen LogP contribution in [0.25, 0.3) is 0 Å². The molecule has 2 aliphatic rings. The molecule has 0 saturated heterocycles. The van der Waals surface area contributed by atoms with Gasteiger partial charge in [-0.15, -0.1) is 10.2 Å². The van der Waals surface area contributed by atoms with Gasteiger partial charge in [-0.2, -0.15) is 0 Å². The van der Waals surface area contributed by atoms with E-state index < -0.39 is 0 Å². The van der Waals surface area contributed by atoms with Crippen LogP contribution in [0.1, 0.15) is 88.7 Å². The molecule has 1 heterocycles. The van der Waals surface area contributed by atoms with Crippen molar-refractivity contribution >= 4 is 5.96 Å². The number of hydrogen-bond acceptors (Lipinski definition) is 3. The van der Waals surface area contributed by atoms with Crippen LogP contribution in [-0.2, 0) is 13.6 Å². The van der Waals surface area contributed by atoms with Crippen molar-refractivity contribution in [2.24, 2.45) is 18.0 Å². The first-order valence-corrected chi connectivity index (χ1v) is 11.1. The lowest BCUT2D eigenvalue weighted by molar-refractivity contribution is 0.332. The number of aromatic nitrogens is 3. The lowest BCUT2D eigenvalue weighted by Crippen LogP contribution is -2.44. The summed E-state index contributed by atoms with van der Waals surface area (Å²) < 4.78 is 2.02. The van der Waals surface area contributed by atoms with E-state index in [2.05, 4.69) is 20.8 Å². The molecule has 152 valence electrons. The third-order valence-electron chi connectivity index (χ3n) is 6.31. The van der Waals surface area contributed by atoms with Gasteiger partial charge in [0, 0.05) is 19.6 Å². The summed E-state index contributed by atoms with van der Waals surface area (Å²) in [4.78, 5) is 4.82. The molecule has 0 aromatic carbocycles. The van der Waals surface area contributed by atoms with Crippen LogP contribution in [0.4, 0.5) is 0 Å². The van der Waals surface area contributed by atoms with Gasteiger partial charge in [-0.05, 0) is 38.5 Å². The van der Waals surface area contributed by atoms with Crippen molar-refractivity contribution in [3.05, 3.63) is 11.6 Å². The van der Waals surface area contributed by atoms with Gasteiger partial charge in [0.05, 0.1) is 0 Å². The Hall–Kier alpha value is -1.59. The predicted octanol–water partition coefficient (Wildman–Crippen LogP) is 3.85. The maximum Gasteiger partial charge on any atom is 0.191 e. The first-order chi connectivity index (χ1) is 13.2. The van der Waals surface area contributed by atoms with Gasteiger partial charge in [0.25, 0.3) is 0 Å². The predicted molar refractivity (Wildman–Crippen MR) is 111 cm³/mol. The van der Waals surface area contributed by atoms with E-state index in [9.17, 15) is 0 Å². The van der Waals surface area contributed by atoms with Gasteiger partial charge >= 0.3 is 0 Å². The molecule has 2 saturated carbocycles. The van der Waals surface area contributed by atoms with Crippen LogP contribution in [0.15, 0.2) is 4.99 Å². The Morgan fingerprint density at radius 1 is 1.04 bits per heavy atom. The molecular weight excluding hydrogens is 336 g/mol.